The predicted molar refractivity (Wildman–Crippen MR) is 103 cm³/mol. The van der Waals surface area contributed by atoms with Gasteiger partial charge in [-0.05, 0) is 37.0 Å². The number of nitrogens with zero attached hydrogens (tertiary/aromatic N) is 1. The lowest BCUT2D eigenvalue weighted by Crippen LogP contribution is -2.53. The molecule has 2 fully saturated rings. The van der Waals surface area contributed by atoms with Crippen LogP contribution in [-0.4, -0.2) is 45.4 Å². The Morgan fingerprint density at radius 2 is 2.11 bits per heavy atom. The smallest absolute Gasteiger partial charge is 0.311 e. The molecule has 28 heavy (non-hydrogen) atoms. The number of hydrogen-bond acceptors (Lipinski definition) is 8. The Morgan fingerprint density at radius 3 is 2.68 bits per heavy atom. The van der Waals surface area contributed by atoms with E-state index in [-0.39, 0.29) is 29.2 Å². The van der Waals surface area contributed by atoms with E-state index in [2.05, 4.69) is 0 Å². The van der Waals surface area contributed by atoms with E-state index in [4.69, 9.17) is 10.5 Å². The summed E-state index contributed by atoms with van der Waals surface area (Å²) < 4.78 is 5.45. The predicted octanol–water partition coefficient (Wildman–Crippen LogP) is 1.53. The first kappa shape index (κ1) is 20.8. The second kappa shape index (κ2) is 8.59. The third kappa shape index (κ3) is 3.92. The van der Waals surface area contributed by atoms with Crippen molar-refractivity contribution in [1.29, 1.82) is 0 Å². The van der Waals surface area contributed by atoms with Crippen molar-refractivity contribution in [3.8, 4) is 0 Å². The molecule has 0 saturated heterocycles. The summed E-state index contributed by atoms with van der Waals surface area (Å²) in [5, 5.41) is 20.5. The van der Waals surface area contributed by atoms with Crippen molar-refractivity contribution in [1.82, 2.24) is 0 Å². The van der Waals surface area contributed by atoms with Gasteiger partial charge in [-0.1, -0.05) is 0 Å². The largest absolute Gasteiger partial charge is 0.461 e. The zero-order valence-electron chi connectivity index (χ0n) is 15.5. The number of fused-ring (bicyclic) bond motifs is 1. The summed E-state index contributed by atoms with van der Waals surface area (Å²) in [6.07, 6.45) is -0.0303. The van der Waals surface area contributed by atoms with E-state index >= 15 is 0 Å². The molecule has 1 aromatic carbocycles. The zero-order chi connectivity index (χ0) is 20.4. The number of nitro benzene ring substituents is 1. The van der Waals surface area contributed by atoms with Gasteiger partial charge < -0.3 is 15.6 Å². The van der Waals surface area contributed by atoms with Gasteiger partial charge in [-0.15, -0.1) is 0 Å². The second-order valence-electron chi connectivity index (χ2n) is 7.35. The van der Waals surface area contributed by atoms with Gasteiger partial charge in [0.05, 0.1) is 16.9 Å². The van der Waals surface area contributed by atoms with Gasteiger partial charge in [0.2, 0.25) is 0 Å². The van der Waals surface area contributed by atoms with Crippen molar-refractivity contribution in [2.45, 2.75) is 31.3 Å². The zero-order valence-corrected chi connectivity index (χ0v) is 16.3. The number of carbonyl (C=O) groups is 2. The minimum atomic E-state index is -0.719. The van der Waals surface area contributed by atoms with Gasteiger partial charge in [0.25, 0.3) is 5.69 Å². The number of benzene rings is 1. The number of thioether (sulfide) groups is 1. The molecular formula is C19H24N2O6S. The number of nitrogens with two attached hydrogens (primary N) is 1. The maximum Gasteiger partial charge on any atom is 0.311 e. The van der Waals surface area contributed by atoms with Crippen molar-refractivity contribution in [3.05, 3.63) is 39.9 Å². The van der Waals surface area contributed by atoms with Gasteiger partial charge in [-0.25, -0.2) is 0 Å². The van der Waals surface area contributed by atoms with Crippen LogP contribution in [0.3, 0.4) is 0 Å². The fraction of sp³-hybridized carbons (Fsp3) is 0.579. The van der Waals surface area contributed by atoms with Crippen LogP contribution in [0.5, 0.6) is 0 Å². The van der Waals surface area contributed by atoms with Crippen LogP contribution in [0.4, 0.5) is 5.69 Å². The SMILES string of the molecule is CC(O)C1C(=O)C2C1CC(SCCN)C2C(=O)OCc1ccc([N+](=O)[O-])cc1. The lowest BCUT2D eigenvalue weighted by atomic mass is 9.61. The average Bonchev–Trinajstić information content (AvgIpc) is 2.98. The molecule has 0 heterocycles. The van der Waals surface area contributed by atoms with Crippen molar-refractivity contribution < 1.29 is 24.4 Å². The van der Waals surface area contributed by atoms with Gasteiger partial charge >= 0.3 is 5.97 Å². The number of ketones is 1. The molecule has 152 valence electrons. The summed E-state index contributed by atoms with van der Waals surface area (Å²) in [4.78, 5) is 35.5. The molecule has 8 nitrogen and oxygen atoms in total. The molecule has 0 aromatic heterocycles. The molecule has 9 heteroatoms. The number of esters is 1. The first-order chi connectivity index (χ1) is 13.3. The van der Waals surface area contributed by atoms with Gasteiger partial charge in [-0.3, -0.25) is 19.7 Å². The van der Waals surface area contributed by atoms with Crippen LogP contribution >= 0.6 is 11.8 Å². The van der Waals surface area contributed by atoms with E-state index in [1.54, 1.807) is 30.8 Å². The molecule has 2 aliphatic rings. The monoisotopic (exact) mass is 408 g/mol. The lowest BCUT2D eigenvalue weighted by molar-refractivity contribution is -0.384. The van der Waals surface area contributed by atoms with Gasteiger partial charge in [0.15, 0.2) is 0 Å². The molecule has 0 amide bonds. The van der Waals surface area contributed by atoms with Crippen LogP contribution in [0.2, 0.25) is 0 Å². The van der Waals surface area contributed by atoms with Gasteiger partial charge in [-0.2, -0.15) is 11.8 Å². The summed E-state index contributed by atoms with van der Waals surface area (Å²) in [5.74, 6) is -1.16. The first-order valence-corrected chi connectivity index (χ1v) is 10.3. The van der Waals surface area contributed by atoms with E-state index in [0.717, 1.165) is 0 Å². The molecule has 2 aliphatic carbocycles. The number of ether oxygens (including phenoxy) is 1. The Balaban J connectivity index is 1.67. The van der Waals surface area contributed by atoms with Crippen molar-refractivity contribution in [3.63, 3.8) is 0 Å². The van der Waals surface area contributed by atoms with Gasteiger partial charge in [0, 0.05) is 41.5 Å². The maximum absolute atomic E-state index is 12.8. The third-order valence-electron chi connectivity index (χ3n) is 5.64. The van der Waals surface area contributed by atoms with Crippen LogP contribution < -0.4 is 5.73 Å². The molecular weight excluding hydrogens is 384 g/mol. The van der Waals surface area contributed by atoms with Gasteiger partial charge in [0.1, 0.15) is 12.4 Å². The number of hydrogen-bond donors (Lipinski definition) is 2. The fourth-order valence-corrected chi connectivity index (χ4v) is 5.67. The van der Waals surface area contributed by atoms with E-state index in [0.29, 0.717) is 24.3 Å². The van der Waals surface area contributed by atoms with E-state index in [1.807, 2.05) is 0 Å². The molecule has 1 aromatic rings. The van der Waals surface area contributed by atoms with E-state index in [1.165, 1.54) is 12.1 Å². The summed E-state index contributed by atoms with van der Waals surface area (Å²) in [5.41, 5.74) is 6.20. The number of nitro groups is 1. The number of aliphatic hydroxyl groups is 1. The first-order valence-electron chi connectivity index (χ1n) is 9.28. The molecule has 3 rings (SSSR count). The number of aliphatic hydroxyl groups excluding tert-OH is 1. The normalized spacial score (nSPS) is 29.7. The highest BCUT2D eigenvalue weighted by Gasteiger charge is 2.63. The highest BCUT2D eigenvalue weighted by molar-refractivity contribution is 8.00. The summed E-state index contributed by atoms with van der Waals surface area (Å²) in [6, 6.07) is 5.80. The Bertz CT molecular complexity index is 753. The number of non-ortho nitro benzene ring substituents is 1. The Hall–Kier alpha value is -1.97. The van der Waals surface area contributed by atoms with E-state index < -0.39 is 34.8 Å². The summed E-state index contributed by atoms with van der Waals surface area (Å²) >= 11 is 1.58. The topological polar surface area (TPSA) is 133 Å². The Kier molecular flexibility index (Phi) is 6.36. The standard InChI is InChI=1S/C19H24N2O6S/c1-10(22)15-13-8-14(28-7-6-20)17(16(13)18(15)23)19(24)27-9-11-2-4-12(5-3-11)21(25)26/h2-5,10,13-17,22H,6-9,20H2,1H3. The minimum Gasteiger partial charge on any atom is -0.461 e. The molecule has 0 aliphatic heterocycles. The molecule has 6 atom stereocenters. The van der Waals surface area contributed by atoms with Crippen LogP contribution in [-0.2, 0) is 20.9 Å². The van der Waals surface area contributed by atoms with Crippen LogP contribution in [0.25, 0.3) is 0 Å². The Morgan fingerprint density at radius 1 is 1.43 bits per heavy atom. The number of carbonyl (C=O) groups excluding carboxylic acids is 2. The molecule has 0 spiro atoms. The third-order valence-corrected chi connectivity index (χ3v) is 7.03. The number of Topliss-reactive ketones (excluding diaryl/α,β-unsaturated/α-hetero) is 1. The lowest BCUT2D eigenvalue weighted by Gasteiger charge is -2.41. The molecule has 0 radical (unpaired) electrons. The Labute approximate surface area is 167 Å². The molecule has 6 unspecified atom stereocenters. The quantitative estimate of drug-likeness (QED) is 0.376. The van der Waals surface area contributed by atoms with Crippen LogP contribution in [0, 0.1) is 33.8 Å². The van der Waals surface area contributed by atoms with Crippen molar-refractivity contribution >= 4 is 29.2 Å². The minimum absolute atomic E-state index is 0.000278. The van der Waals surface area contributed by atoms with Crippen molar-refractivity contribution in [2.24, 2.45) is 29.4 Å². The highest BCUT2D eigenvalue weighted by Crippen LogP contribution is 2.56. The number of rotatable bonds is 8. The van der Waals surface area contributed by atoms with E-state index in [9.17, 15) is 24.8 Å². The van der Waals surface area contributed by atoms with Crippen LogP contribution in [0.1, 0.15) is 18.9 Å². The van der Waals surface area contributed by atoms with Crippen LogP contribution in [0.15, 0.2) is 24.3 Å². The highest BCUT2D eigenvalue weighted by atomic mass is 32.2. The summed E-state index contributed by atoms with van der Waals surface area (Å²) in [7, 11) is 0. The summed E-state index contributed by atoms with van der Waals surface area (Å²) in [6.45, 7) is 2.09. The fourth-order valence-electron chi connectivity index (χ4n) is 4.38. The molecule has 0 bridgehead atoms. The van der Waals surface area contributed by atoms with Crippen molar-refractivity contribution in [2.75, 3.05) is 12.3 Å². The molecule has 3 N–H and O–H groups in total. The second-order valence-corrected chi connectivity index (χ2v) is 8.70. The maximum atomic E-state index is 12.8. The molecule has 2 saturated carbocycles. The average molecular weight is 408 g/mol.